The fourth-order valence-electron chi connectivity index (χ4n) is 8.90. The Hall–Kier alpha value is -12.2. The summed E-state index contributed by atoms with van der Waals surface area (Å²) in [5, 5.41) is 70.9. The molecule has 4 rings (SSSR count). The zero-order chi connectivity index (χ0) is 71.0. The van der Waals surface area contributed by atoms with Gasteiger partial charge in [-0.15, -0.1) is 0 Å². The highest BCUT2D eigenvalue weighted by atomic mass is 16.5. The van der Waals surface area contributed by atoms with Crippen molar-refractivity contribution in [1.29, 1.82) is 21.6 Å². The third-order valence-corrected chi connectivity index (χ3v) is 13.6. The van der Waals surface area contributed by atoms with Crippen molar-refractivity contribution in [2.45, 2.75) is 75.5 Å². The van der Waals surface area contributed by atoms with Crippen LogP contribution in [0.1, 0.15) is 92.8 Å². The van der Waals surface area contributed by atoms with Crippen molar-refractivity contribution >= 4 is 106 Å². The predicted molar refractivity (Wildman–Crippen MR) is 353 cm³/mol. The zero-order valence-corrected chi connectivity index (χ0v) is 52.8. The molecule has 9 amide bonds. The minimum absolute atomic E-state index is 0.00973. The third-order valence-electron chi connectivity index (χ3n) is 13.6. The largest absolute Gasteiger partial charge is 0.496 e. The molecule has 0 saturated heterocycles. The second-order valence-corrected chi connectivity index (χ2v) is 20.9. The summed E-state index contributed by atoms with van der Waals surface area (Å²) in [6.07, 6.45) is 0.804. The maximum atomic E-state index is 14.4. The van der Waals surface area contributed by atoms with E-state index in [0.717, 1.165) is 6.07 Å². The number of carboxylic acid groups (broad SMARTS) is 1. The molecule has 0 aliphatic rings. The Kier molecular flexibility index (Phi) is 30.7. The van der Waals surface area contributed by atoms with Gasteiger partial charge in [-0.25, -0.2) is 4.79 Å². The second kappa shape index (κ2) is 38.6. The third kappa shape index (κ3) is 25.8. The maximum absolute atomic E-state index is 14.4. The summed E-state index contributed by atoms with van der Waals surface area (Å²) in [4.78, 5) is 135. The quantitative estimate of drug-likeness (QED) is 0.0130. The lowest BCUT2D eigenvalue weighted by Gasteiger charge is -2.22. The predicted octanol–water partition coefficient (Wildman–Crippen LogP) is -2.08. The van der Waals surface area contributed by atoms with Crippen LogP contribution in [0.5, 0.6) is 23.0 Å². The summed E-state index contributed by atoms with van der Waals surface area (Å²) < 4.78 is 21.7. The number of nitrogens with one attached hydrogen (secondary N) is 16. The molecule has 37 nitrogen and oxygen atoms in total. The summed E-state index contributed by atoms with van der Waals surface area (Å²) in [6.45, 7) is -0.902. The molecule has 4 atom stereocenters. The number of benzene rings is 4. The van der Waals surface area contributed by atoms with E-state index in [2.05, 4.69) is 63.8 Å². The normalized spacial score (nSPS) is 11.8. The molecular formula is C59H82N22O15. The summed E-state index contributed by atoms with van der Waals surface area (Å²) >= 11 is 0. The van der Waals surface area contributed by atoms with Crippen molar-refractivity contribution in [3.63, 3.8) is 0 Å². The van der Waals surface area contributed by atoms with Gasteiger partial charge in [0.1, 0.15) is 41.1 Å². The van der Waals surface area contributed by atoms with Crippen molar-refractivity contribution in [3.8, 4) is 23.0 Å². The topological polar surface area (TPSA) is 624 Å². The van der Waals surface area contributed by atoms with Crippen LogP contribution in [0.3, 0.4) is 0 Å². The average Bonchev–Trinajstić information content (AvgIpc) is 0.859. The van der Waals surface area contributed by atoms with Gasteiger partial charge in [0.05, 0.1) is 56.2 Å². The smallest absolute Gasteiger partial charge is 0.341 e. The molecule has 96 heavy (non-hydrogen) atoms. The molecular weight excluding hydrogens is 1260 g/mol. The van der Waals surface area contributed by atoms with Gasteiger partial charge >= 0.3 is 5.97 Å². The average molecular weight is 1340 g/mol. The molecule has 0 saturated carbocycles. The van der Waals surface area contributed by atoms with E-state index in [1.165, 1.54) is 88.1 Å². The van der Waals surface area contributed by atoms with Crippen molar-refractivity contribution in [2.24, 2.45) is 34.4 Å². The molecule has 0 unspecified atom stereocenters. The molecule has 0 fully saturated rings. The van der Waals surface area contributed by atoms with Gasteiger partial charge in [-0.05, 0) is 124 Å². The first-order valence-electron chi connectivity index (χ1n) is 29.5. The Morgan fingerprint density at radius 2 is 0.708 bits per heavy atom. The van der Waals surface area contributed by atoms with Crippen LogP contribution in [0, 0.1) is 21.6 Å². The molecule has 37 heteroatoms. The molecule has 0 spiro atoms. The Labute approximate surface area is 550 Å². The number of anilines is 4. The standard InChI is InChI=1S/C59H82N22O15/c1-93-42-16-13-31(24-34(42)48(85)74-28-46(61)82)76-55(92)41(11-7-23-73-59(68)69)81-51(88)37-27-33(15-19-45(37)96-29-47(83)84)78-54(91)40(10-6-22-72-58(66)67)80-50(87)36-26-32(14-18-44(36)95-3)77-53(90)39(9-5-21-71-57(64)65)79-49(86)35-25-30(12-17-43(35)94-2)75-52(89)38(60)8-4-20-70-56(62)63/h12-19,24-27,38-41H,4-11,20-23,28-29,60H2,1-3H3,(H2,61,82)(H,74,85)(H,75,89)(H,76,92)(H,77,90)(H,78,91)(H,79,86)(H,80,87)(H,81,88)(H,83,84)(H4,62,63,70)(H4,64,65,71)(H4,66,67,72)(H4,68,69,73)/t38-,39-,40-,41-/m0/s1. The summed E-state index contributed by atoms with van der Waals surface area (Å²) in [5.41, 5.74) is 32.4. The van der Waals surface area contributed by atoms with Crippen LogP contribution < -0.4 is 117 Å². The molecule has 518 valence electrons. The first-order valence-corrected chi connectivity index (χ1v) is 29.5. The van der Waals surface area contributed by atoms with Gasteiger partial charge < -0.3 is 122 Å². The van der Waals surface area contributed by atoms with Crippen LogP contribution in [0.25, 0.3) is 0 Å². The second-order valence-electron chi connectivity index (χ2n) is 20.9. The van der Waals surface area contributed by atoms with Crippen LogP contribution in [0.4, 0.5) is 22.7 Å². The van der Waals surface area contributed by atoms with Crippen molar-refractivity contribution < 1.29 is 72.0 Å². The van der Waals surface area contributed by atoms with E-state index < -0.39 is 96.5 Å². The van der Waals surface area contributed by atoms with Crippen molar-refractivity contribution in [2.75, 3.05) is 81.9 Å². The fourth-order valence-corrected chi connectivity index (χ4v) is 8.90. The van der Waals surface area contributed by atoms with E-state index in [9.17, 15) is 53.1 Å². The van der Waals surface area contributed by atoms with Crippen LogP contribution in [-0.2, 0) is 28.8 Å². The number of hydrogen-bond donors (Lipinski definition) is 23. The number of carbonyl (C=O) groups excluding carboxylic acids is 9. The number of carboxylic acids is 1. The summed E-state index contributed by atoms with van der Waals surface area (Å²) in [6, 6.07) is 10.6. The number of aliphatic carboxylic acids is 1. The Morgan fingerprint density at radius 1 is 0.417 bits per heavy atom. The Balaban J connectivity index is 1.64. The van der Waals surface area contributed by atoms with E-state index >= 15 is 0 Å². The molecule has 0 aliphatic heterocycles. The van der Waals surface area contributed by atoms with E-state index in [1.807, 2.05) is 0 Å². The molecule has 4 aromatic rings. The lowest BCUT2D eigenvalue weighted by atomic mass is 10.1. The molecule has 4 aromatic carbocycles. The van der Waals surface area contributed by atoms with Crippen LogP contribution in [0.15, 0.2) is 72.8 Å². The summed E-state index contributed by atoms with van der Waals surface area (Å²) in [7, 11) is 3.85. The highest BCUT2D eigenvalue weighted by Gasteiger charge is 2.29. The minimum atomic E-state index is -1.43. The monoisotopic (exact) mass is 1340 g/mol. The van der Waals surface area contributed by atoms with E-state index in [-0.39, 0.29) is 156 Å². The van der Waals surface area contributed by atoms with Crippen molar-refractivity contribution in [1.82, 2.24) is 42.5 Å². The SMILES string of the molecule is COc1ccc(NC(=O)[C@H](CCCNC(=N)N)NC(=O)c2cc(NC(=O)[C@H](CCCNC(=N)N)NC(=O)c3cc(NC(=O)[C@H](CCCNC(=N)N)NC(=O)c4cc(NC(=O)[C@@H](N)CCCNC(=N)N)ccc4OC)ccc3OC)ccc2OCC(=O)O)cc1C(=O)NCC(N)=O. The highest BCUT2D eigenvalue weighted by molar-refractivity contribution is 6.08. The van der Waals surface area contributed by atoms with Crippen LogP contribution >= 0.6 is 0 Å². The number of guanidine groups is 4. The number of amides is 9. The highest BCUT2D eigenvalue weighted by Crippen LogP contribution is 2.28. The number of methoxy groups -OCH3 is 3. The molecule has 0 bridgehead atoms. The van der Waals surface area contributed by atoms with Gasteiger partial charge in [0.25, 0.3) is 23.6 Å². The van der Waals surface area contributed by atoms with Gasteiger partial charge in [-0.1, -0.05) is 0 Å². The van der Waals surface area contributed by atoms with Gasteiger partial charge in [0.2, 0.25) is 29.5 Å². The molecule has 0 radical (unpaired) electrons. The molecule has 0 aliphatic carbocycles. The Bertz CT molecular complexity index is 3520. The minimum Gasteiger partial charge on any atom is -0.496 e. The first-order chi connectivity index (χ1) is 45.6. The first kappa shape index (κ1) is 76.3. The fraction of sp³-hybridized carbons (Fsp3) is 0.356. The summed E-state index contributed by atoms with van der Waals surface area (Å²) in [5.74, 6) is -10.4. The maximum Gasteiger partial charge on any atom is 0.341 e. The zero-order valence-electron chi connectivity index (χ0n) is 52.8. The van der Waals surface area contributed by atoms with Crippen LogP contribution in [-0.4, -0.2) is 173 Å². The molecule has 0 heterocycles. The van der Waals surface area contributed by atoms with Crippen LogP contribution in [0.2, 0.25) is 0 Å². The van der Waals surface area contributed by atoms with E-state index in [1.54, 1.807) is 0 Å². The van der Waals surface area contributed by atoms with Gasteiger partial charge in [-0.2, -0.15) is 0 Å². The van der Waals surface area contributed by atoms with E-state index in [0.29, 0.717) is 13.0 Å². The number of rotatable bonds is 39. The molecule has 0 aromatic heterocycles. The lowest BCUT2D eigenvalue weighted by Crippen LogP contribution is -2.45. The lowest BCUT2D eigenvalue weighted by molar-refractivity contribution is -0.139. The van der Waals surface area contributed by atoms with Gasteiger partial charge in [0.15, 0.2) is 30.4 Å². The van der Waals surface area contributed by atoms with Crippen molar-refractivity contribution in [3.05, 3.63) is 95.1 Å². The number of carbonyl (C=O) groups is 10. The number of ether oxygens (including phenoxy) is 4. The molecule has 29 N–H and O–H groups in total. The Morgan fingerprint density at radius 3 is 1.01 bits per heavy atom. The number of nitrogens with two attached hydrogens (primary N) is 6. The van der Waals surface area contributed by atoms with Gasteiger partial charge in [-0.3, -0.25) is 64.8 Å². The van der Waals surface area contributed by atoms with Gasteiger partial charge in [0, 0.05) is 48.9 Å². The van der Waals surface area contributed by atoms with E-state index in [4.69, 9.17) is 75.0 Å². The number of primary amides is 1. The number of hydrogen-bond acceptors (Lipinski definition) is 19.